The Balaban J connectivity index is 1.04. The molecule has 0 N–H and O–H groups in total. The van der Waals surface area contributed by atoms with Crippen LogP contribution in [0.4, 0.5) is 0 Å². The summed E-state index contributed by atoms with van der Waals surface area (Å²) in [6, 6.07) is 65.5. The third-order valence-corrected chi connectivity index (χ3v) is 12.3. The van der Waals surface area contributed by atoms with E-state index in [0.717, 1.165) is 44.4 Å². The van der Waals surface area contributed by atoms with Gasteiger partial charge in [-0.05, 0) is 82.9 Å². The van der Waals surface area contributed by atoms with Gasteiger partial charge in [0.25, 0.3) is 0 Å². The summed E-state index contributed by atoms with van der Waals surface area (Å²) in [5.41, 5.74) is 13.5. The Hall–Kier alpha value is -6.95. The number of hydrogen-bond donors (Lipinski definition) is 0. The monoisotopic (exact) mass is 718 g/mol. The minimum atomic E-state index is 0.682. The van der Waals surface area contributed by atoms with E-state index in [2.05, 4.69) is 191 Å². The Morgan fingerprint density at radius 1 is 0.382 bits per heavy atom. The van der Waals surface area contributed by atoms with E-state index in [0.29, 0.717) is 5.95 Å². The van der Waals surface area contributed by atoms with Crippen molar-refractivity contribution in [3.8, 4) is 45.1 Å². The van der Waals surface area contributed by atoms with Gasteiger partial charge in [-0.2, -0.15) is 0 Å². The molecule has 11 aromatic rings. The summed E-state index contributed by atoms with van der Waals surface area (Å²) in [5, 5.41) is 5.94. The zero-order valence-electron chi connectivity index (χ0n) is 29.5. The fourth-order valence-corrected chi connectivity index (χ4v) is 9.73. The average Bonchev–Trinajstić information content (AvgIpc) is 3.76. The van der Waals surface area contributed by atoms with Crippen LogP contribution in [0.5, 0.6) is 0 Å². The lowest BCUT2D eigenvalue weighted by Crippen LogP contribution is -2.05. The highest BCUT2D eigenvalue weighted by atomic mass is 32.2. The summed E-state index contributed by atoms with van der Waals surface area (Å²) in [4.78, 5) is 13.1. The zero-order chi connectivity index (χ0) is 36.0. The van der Waals surface area contributed by atoms with Gasteiger partial charge in [0.15, 0.2) is 0 Å². The molecule has 55 heavy (non-hydrogen) atoms. The highest BCUT2D eigenvalue weighted by Crippen LogP contribution is 2.47. The fourth-order valence-electron chi connectivity index (χ4n) is 8.62. The molecule has 4 heterocycles. The van der Waals surface area contributed by atoms with Crippen molar-refractivity contribution in [2.45, 2.75) is 9.79 Å². The lowest BCUT2D eigenvalue weighted by molar-refractivity contribution is 1.01. The molecule has 8 aromatic carbocycles. The molecule has 0 spiro atoms. The lowest BCUT2D eigenvalue weighted by Gasteiger charge is -2.20. The highest BCUT2D eigenvalue weighted by Gasteiger charge is 2.24. The topological polar surface area (TPSA) is 35.6 Å². The van der Waals surface area contributed by atoms with Crippen LogP contribution in [0.3, 0.4) is 0 Å². The number of fused-ring (bicyclic) bond motifs is 8. The molecule has 3 aromatic heterocycles. The van der Waals surface area contributed by atoms with E-state index < -0.39 is 0 Å². The normalized spacial score (nSPS) is 12.3. The highest BCUT2D eigenvalue weighted by molar-refractivity contribution is 7.99. The molecule has 12 rings (SSSR count). The molecular weight excluding hydrogens is 689 g/mol. The molecule has 0 amide bonds. The van der Waals surface area contributed by atoms with Gasteiger partial charge in [0.2, 0.25) is 5.95 Å². The van der Waals surface area contributed by atoms with Crippen LogP contribution in [0, 0.1) is 0 Å². The van der Waals surface area contributed by atoms with E-state index in [1.165, 1.54) is 59.1 Å². The van der Waals surface area contributed by atoms with Crippen molar-refractivity contribution < 1.29 is 0 Å². The van der Waals surface area contributed by atoms with Crippen molar-refractivity contribution in [1.82, 2.24) is 19.1 Å². The predicted octanol–water partition coefficient (Wildman–Crippen LogP) is 13.3. The molecule has 0 aliphatic carbocycles. The molecule has 1 aliphatic heterocycles. The Bertz CT molecular complexity index is 3340. The fraction of sp³-hybridized carbons (Fsp3) is 0. The van der Waals surface area contributed by atoms with Gasteiger partial charge in [-0.3, -0.25) is 4.57 Å². The van der Waals surface area contributed by atoms with Crippen LogP contribution in [-0.2, 0) is 0 Å². The number of benzene rings is 8. The molecule has 0 atom stereocenters. The summed E-state index contributed by atoms with van der Waals surface area (Å²) in [5.74, 6) is 0.682. The largest absolute Gasteiger partial charge is 0.309 e. The molecule has 0 saturated heterocycles. The second-order valence-corrected chi connectivity index (χ2v) is 15.3. The summed E-state index contributed by atoms with van der Waals surface area (Å²) in [6.45, 7) is 0. The van der Waals surface area contributed by atoms with Crippen LogP contribution < -0.4 is 0 Å². The average molecular weight is 719 g/mol. The van der Waals surface area contributed by atoms with Crippen molar-refractivity contribution in [1.29, 1.82) is 0 Å². The Kier molecular flexibility index (Phi) is 6.53. The van der Waals surface area contributed by atoms with Gasteiger partial charge in [-0.1, -0.05) is 133 Å². The minimum Gasteiger partial charge on any atom is -0.309 e. The van der Waals surface area contributed by atoms with Gasteiger partial charge >= 0.3 is 0 Å². The number of aromatic nitrogens is 4. The van der Waals surface area contributed by atoms with Crippen LogP contribution in [0.2, 0.25) is 0 Å². The summed E-state index contributed by atoms with van der Waals surface area (Å²) >= 11 is 1.80. The minimum absolute atomic E-state index is 0.682. The maximum absolute atomic E-state index is 5.38. The van der Waals surface area contributed by atoms with E-state index >= 15 is 0 Å². The smallest absolute Gasteiger partial charge is 0.235 e. The van der Waals surface area contributed by atoms with Gasteiger partial charge < -0.3 is 4.57 Å². The number of hydrogen-bond acceptors (Lipinski definition) is 3. The second-order valence-electron chi connectivity index (χ2n) is 14.2. The summed E-state index contributed by atoms with van der Waals surface area (Å²) in [7, 11) is 0. The van der Waals surface area contributed by atoms with E-state index in [1.54, 1.807) is 11.8 Å². The molecule has 0 radical (unpaired) electrons. The maximum Gasteiger partial charge on any atom is 0.235 e. The Labute approximate surface area is 321 Å². The van der Waals surface area contributed by atoms with Crippen molar-refractivity contribution >= 4 is 66.3 Å². The van der Waals surface area contributed by atoms with E-state index in [-0.39, 0.29) is 0 Å². The zero-order valence-corrected chi connectivity index (χ0v) is 30.3. The van der Waals surface area contributed by atoms with Crippen molar-refractivity contribution in [3.05, 3.63) is 182 Å². The second kappa shape index (κ2) is 11.8. The first kappa shape index (κ1) is 30.5. The molecule has 0 unspecified atom stereocenters. The summed E-state index contributed by atoms with van der Waals surface area (Å²) < 4.78 is 4.64. The summed E-state index contributed by atoms with van der Waals surface area (Å²) in [6.07, 6.45) is 0. The molecule has 0 saturated carbocycles. The quantitative estimate of drug-likeness (QED) is 0.182. The predicted molar refractivity (Wildman–Crippen MR) is 229 cm³/mol. The van der Waals surface area contributed by atoms with Gasteiger partial charge in [0, 0.05) is 48.0 Å². The van der Waals surface area contributed by atoms with Crippen molar-refractivity contribution in [2.75, 3.05) is 0 Å². The van der Waals surface area contributed by atoms with E-state index in [1.807, 2.05) is 0 Å². The van der Waals surface area contributed by atoms with Gasteiger partial charge in [-0.15, -0.1) is 0 Å². The molecule has 4 nitrogen and oxygen atoms in total. The maximum atomic E-state index is 5.38. The molecule has 0 fully saturated rings. The molecule has 256 valence electrons. The van der Waals surface area contributed by atoms with Gasteiger partial charge in [0.1, 0.15) is 0 Å². The first-order valence-electron chi connectivity index (χ1n) is 18.6. The third kappa shape index (κ3) is 4.60. The van der Waals surface area contributed by atoms with Crippen LogP contribution in [0.1, 0.15) is 0 Å². The lowest BCUT2D eigenvalue weighted by atomic mass is 10.0. The third-order valence-electron chi connectivity index (χ3n) is 11.1. The van der Waals surface area contributed by atoms with E-state index in [4.69, 9.17) is 9.97 Å². The Morgan fingerprint density at radius 2 is 1.00 bits per heavy atom. The van der Waals surface area contributed by atoms with Crippen LogP contribution in [-0.4, -0.2) is 19.1 Å². The number of para-hydroxylation sites is 2. The first-order chi connectivity index (χ1) is 27.3. The van der Waals surface area contributed by atoms with Crippen molar-refractivity contribution in [3.63, 3.8) is 0 Å². The van der Waals surface area contributed by atoms with Gasteiger partial charge in [0.05, 0.1) is 33.3 Å². The SMILES string of the molecule is c1ccc(-c2ccc(-n3c4ccccc4c4cc(-c5ccc6c7ccccc7n(-c7nc8c9c(cccc9n7)Sc7ccccc7-8)c6c5)ccc43)cc2)cc1. The van der Waals surface area contributed by atoms with E-state index in [9.17, 15) is 0 Å². The molecule has 1 aliphatic rings. The molecule has 0 bridgehead atoms. The standard InChI is InChI=1S/C50H30N4S/c1-2-11-31(12-3-1)32-21-25-35(26-22-32)53-42-17-7-5-14-37(42)40-29-33(24-28-44(40)53)34-23-27-38-36-13-4-8-18-43(36)54(45(38)30-34)50-51-41-16-10-20-47-48(41)49(52-50)39-15-6-9-19-46(39)55-47/h1-30H. The van der Waals surface area contributed by atoms with Crippen LogP contribution in [0.25, 0.3) is 99.7 Å². The first-order valence-corrected chi connectivity index (χ1v) is 19.4. The number of nitrogens with zero attached hydrogens (tertiary/aromatic N) is 4. The van der Waals surface area contributed by atoms with Crippen LogP contribution >= 0.6 is 11.8 Å². The Morgan fingerprint density at radius 3 is 1.85 bits per heavy atom. The van der Waals surface area contributed by atoms with Crippen LogP contribution in [0.15, 0.2) is 192 Å². The van der Waals surface area contributed by atoms with Gasteiger partial charge in [-0.25, -0.2) is 9.97 Å². The van der Waals surface area contributed by atoms with Crippen molar-refractivity contribution in [2.24, 2.45) is 0 Å². The molecular formula is C50H30N4S. The molecule has 5 heteroatoms. The number of rotatable bonds is 4.